The van der Waals surface area contributed by atoms with Crippen molar-refractivity contribution < 1.29 is 28.7 Å². The molecule has 3 aromatic carbocycles. The van der Waals surface area contributed by atoms with E-state index < -0.39 is 72.0 Å². The molecule has 0 amide bonds. The summed E-state index contributed by atoms with van der Waals surface area (Å²) in [7, 11) is 0. The van der Waals surface area contributed by atoms with Gasteiger partial charge in [0.1, 0.15) is 13.1 Å². The first-order chi connectivity index (χ1) is 21.8. The Morgan fingerprint density at radius 1 is 0.522 bits per heavy atom. The van der Waals surface area contributed by atoms with E-state index in [1.54, 1.807) is 38.1 Å². The van der Waals surface area contributed by atoms with Crippen LogP contribution in [0.25, 0.3) is 21.5 Å². The van der Waals surface area contributed by atoms with Gasteiger partial charge in [-0.2, -0.15) is 0 Å². The highest BCUT2D eigenvalue weighted by Gasteiger charge is 2.23. The normalized spacial score (nSPS) is 11.2. The summed E-state index contributed by atoms with van der Waals surface area (Å²) in [5.74, 6) is -2.92. The molecule has 0 saturated carbocycles. The van der Waals surface area contributed by atoms with Crippen LogP contribution in [0, 0.1) is 27.7 Å². The van der Waals surface area contributed by atoms with Crippen LogP contribution in [0.2, 0.25) is 0 Å². The Morgan fingerprint density at radius 3 is 1.17 bits per heavy atom. The van der Waals surface area contributed by atoms with E-state index in [1.807, 2.05) is 26.0 Å². The van der Waals surface area contributed by atoms with E-state index in [1.165, 1.54) is 0 Å². The zero-order valence-corrected chi connectivity index (χ0v) is 25.4. The molecule has 5 aromatic rings. The van der Waals surface area contributed by atoms with Crippen LogP contribution in [0.3, 0.4) is 0 Å². The summed E-state index contributed by atoms with van der Waals surface area (Å²) >= 11 is 0. The summed E-state index contributed by atoms with van der Waals surface area (Å²) in [6.07, 6.45) is 0. The number of fused-ring (bicyclic) bond motifs is 2. The van der Waals surface area contributed by atoms with Crippen molar-refractivity contribution in [3.05, 3.63) is 123 Å². The van der Waals surface area contributed by atoms with Crippen molar-refractivity contribution in [1.29, 1.82) is 0 Å². The average molecular weight is 625 g/mol. The fourth-order valence-corrected chi connectivity index (χ4v) is 5.23. The lowest BCUT2D eigenvalue weighted by atomic mass is 10.0. The third kappa shape index (κ3) is 5.96. The van der Waals surface area contributed by atoms with Crippen LogP contribution in [0.5, 0.6) is 0 Å². The number of hydrogen-bond acceptors (Lipinski definition) is 10. The fraction of sp³-hybridized carbons (Fsp3) is 0.235. The smallest absolute Gasteiger partial charge is 0.326 e. The van der Waals surface area contributed by atoms with E-state index in [4.69, 9.17) is 9.47 Å². The molecular formula is C34H28N2O10. The summed E-state index contributed by atoms with van der Waals surface area (Å²) in [6.45, 7) is 4.32. The largest absolute Gasteiger partial charge is 0.456 e. The van der Waals surface area contributed by atoms with E-state index in [9.17, 15) is 38.4 Å². The van der Waals surface area contributed by atoms with Crippen LogP contribution < -0.4 is 22.2 Å². The van der Waals surface area contributed by atoms with Crippen molar-refractivity contribution in [2.75, 3.05) is 13.2 Å². The van der Waals surface area contributed by atoms with E-state index in [-0.39, 0.29) is 21.5 Å². The van der Waals surface area contributed by atoms with Gasteiger partial charge in [-0.1, -0.05) is 35.4 Å². The maximum Gasteiger partial charge on any atom is 0.326 e. The minimum atomic E-state index is -1.01. The molecule has 12 nitrogen and oxygen atoms in total. The first-order valence-electron chi connectivity index (χ1n) is 14.2. The van der Waals surface area contributed by atoms with Crippen molar-refractivity contribution in [2.45, 2.75) is 40.8 Å². The van der Waals surface area contributed by atoms with Gasteiger partial charge in [-0.05, 0) is 63.1 Å². The minimum Gasteiger partial charge on any atom is -0.456 e. The number of hydrogen-bond donors (Lipinski definition) is 0. The molecular weight excluding hydrogens is 596 g/mol. The number of aryl methyl sites for hydroxylation is 4. The van der Waals surface area contributed by atoms with Gasteiger partial charge in [0.15, 0.2) is 13.2 Å². The SMILES string of the molecule is Cc1ccc(C)c(C(=O)COC(=O)Cn2c(=O)c3cc4c(=O)n(CC(=O)OCC(=O)c5cc(C)ccc5C)c(=O)c4cc3c2=O)c1. The van der Waals surface area contributed by atoms with Crippen molar-refractivity contribution in [3.63, 3.8) is 0 Å². The van der Waals surface area contributed by atoms with Gasteiger partial charge in [0.2, 0.25) is 11.6 Å². The lowest BCUT2D eigenvalue weighted by molar-refractivity contribution is -0.144. The summed E-state index contributed by atoms with van der Waals surface area (Å²) in [4.78, 5) is 102. The number of esters is 2. The van der Waals surface area contributed by atoms with Crippen LogP contribution in [-0.2, 0) is 32.2 Å². The predicted octanol–water partition coefficient (Wildman–Crippen LogP) is 2.00. The Hall–Kier alpha value is -5.78. The molecule has 0 aliphatic rings. The summed E-state index contributed by atoms with van der Waals surface area (Å²) < 4.78 is 11.3. The molecule has 0 unspecified atom stereocenters. The second kappa shape index (κ2) is 12.3. The molecule has 234 valence electrons. The molecule has 0 aliphatic heterocycles. The van der Waals surface area contributed by atoms with Gasteiger partial charge in [-0.15, -0.1) is 0 Å². The van der Waals surface area contributed by atoms with Crippen LogP contribution in [-0.4, -0.2) is 45.9 Å². The molecule has 2 aromatic heterocycles. The Morgan fingerprint density at radius 2 is 0.848 bits per heavy atom. The van der Waals surface area contributed by atoms with Gasteiger partial charge in [-0.25, -0.2) is 0 Å². The molecule has 0 radical (unpaired) electrons. The molecule has 0 saturated heterocycles. The molecule has 2 heterocycles. The van der Waals surface area contributed by atoms with E-state index in [0.29, 0.717) is 31.4 Å². The fourth-order valence-electron chi connectivity index (χ4n) is 5.23. The van der Waals surface area contributed by atoms with E-state index in [2.05, 4.69) is 0 Å². The standard InChI is InChI=1S/C34H28N2O10/c1-17-5-7-19(3)21(9-17)27(37)15-45-29(39)13-35-31(41)23-11-25-26(12-24(23)32(35)42)34(44)36(33(25)43)14-30(40)46-16-28(38)22-10-18(2)6-8-20(22)4/h5-12H,13-16H2,1-4H3. The second-order valence-corrected chi connectivity index (χ2v) is 11.1. The predicted molar refractivity (Wildman–Crippen MR) is 167 cm³/mol. The summed E-state index contributed by atoms with van der Waals surface area (Å²) in [6, 6.07) is 12.6. The number of benzene rings is 3. The molecule has 5 rings (SSSR count). The number of rotatable bonds is 10. The molecule has 0 atom stereocenters. The van der Waals surface area contributed by atoms with Crippen LogP contribution >= 0.6 is 0 Å². The molecule has 0 spiro atoms. The molecule has 0 N–H and O–H groups in total. The molecule has 12 heteroatoms. The van der Waals surface area contributed by atoms with Crippen LogP contribution in [0.1, 0.15) is 43.0 Å². The van der Waals surface area contributed by atoms with Gasteiger partial charge in [0.05, 0.1) is 21.5 Å². The highest BCUT2D eigenvalue weighted by Crippen LogP contribution is 2.16. The van der Waals surface area contributed by atoms with Gasteiger partial charge in [0.25, 0.3) is 22.2 Å². The number of nitrogens with zero attached hydrogens (tertiary/aromatic N) is 2. The highest BCUT2D eigenvalue weighted by molar-refractivity contribution is 6.00. The van der Waals surface area contributed by atoms with Crippen molar-refractivity contribution in [3.8, 4) is 0 Å². The van der Waals surface area contributed by atoms with E-state index >= 15 is 0 Å². The van der Waals surface area contributed by atoms with Gasteiger partial charge < -0.3 is 9.47 Å². The number of carbonyl (C=O) groups is 4. The maximum atomic E-state index is 13.1. The number of Topliss-reactive ketones (excluding diaryl/α,β-unsaturated/α-hetero) is 2. The first-order valence-corrected chi connectivity index (χ1v) is 14.2. The van der Waals surface area contributed by atoms with Crippen LogP contribution in [0.4, 0.5) is 0 Å². The average Bonchev–Trinajstić information content (AvgIpc) is 3.39. The monoisotopic (exact) mass is 624 g/mol. The molecule has 0 bridgehead atoms. The second-order valence-electron chi connectivity index (χ2n) is 11.1. The first kappa shape index (κ1) is 31.6. The van der Waals surface area contributed by atoms with Gasteiger partial charge in [-0.3, -0.25) is 47.5 Å². The Labute approximate surface area is 260 Å². The number of ketones is 2. The lowest BCUT2D eigenvalue weighted by Gasteiger charge is -2.07. The Kier molecular flexibility index (Phi) is 8.47. The van der Waals surface area contributed by atoms with Gasteiger partial charge >= 0.3 is 11.9 Å². The Balaban J connectivity index is 1.32. The third-order valence-electron chi connectivity index (χ3n) is 7.75. The zero-order valence-electron chi connectivity index (χ0n) is 25.4. The number of carbonyl (C=O) groups excluding carboxylic acids is 4. The molecule has 0 aliphatic carbocycles. The summed E-state index contributed by atoms with van der Waals surface area (Å²) in [5, 5.41) is -0.860. The topological polar surface area (TPSA) is 165 Å². The zero-order chi connectivity index (χ0) is 33.4. The van der Waals surface area contributed by atoms with Crippen molar-refractivity contribution in [2.24, 2.45) is 0 Å². The third-order valence-corrected chi connectivity index (χ3v) is 7.75. The van der Waals surface area contributed by atoms with Gasteiger partial charge in [0, 0.05) is 11.1 Å². The van der Waals surface area contributed by atoms with Crippen LogP contribution in [0.15, 0.2) is 67.7 Å². The van der Waals surface area contributed by atoms with E-state index in [0.717, 1.165) is 23.3 Å². The molecule has 0 fully saturated rings. The van der Waals surface area contributed by atoms with Crippen molar-refractivity contribution >= 4 is 45.0 Å². The number of ether oxygens (including phenoxy) is 2. The summed E-state index contributed by atoms with van der Waals surface area (Å²) in [5.41, 5.74) is 0.249. The Bertz CT molecular complexity index is 2080. The minimum absolute atomic E-state index is 0.215. The quantitative estimate of drug-likeness (QED) is 0.166. The molecule has 46 heavy (non-hydrogen) atoms. The van der Waals surface area contributed by atoms with Crippen molar-refractivity contribution in [1.82, 2.24) is 9.13 Å². The highest BCUT2D eigenvalue weighted by atomic mass is 16.5. The lowest BCUT2D eigenvalue weighted by Crippen LogP contribution is -2.31. The number of aromatic nitrogens is 2. The maximum absolute atomic E-state index is 13.1.